The first-order valence-electron chi connectivity index (χ1n) is 12.4. The van der Waals surface area contributed by atoms with Crippen LogP contribution in [0.15, 0.2) is 66.9 Å². The molecule has 2 aromatic carbocycles. The SMILES string of the molecule is CCn1c2ccccc2c2cc(NC(=O)CCCC(=O)N3CCN(c4ccccn4)CC3)ccc21. The highest BCUT2D eigenvalue weighted by Gasteiger charge is 2.21. The molecule has 0 radical (unpaired) electrons. The Balaban J connectivity index is 1.12. The summed E-state index contributed by atoms with van der Waals surface area (Å²) in [7, 11) is 0. The molecule has 2 amide bonds. The van der Waals surface area contributed by atoms with E-state index < -0.39 is 0 Å². The van der Waals surface area contributed by atoms with E-state index in [0.29, 0.717) is 32.4 Å². The number of hydrogen-bond acceptors (Lipinski definition) is 4. The number of fused-ring (bicyclic) bond motifs is 3. The lowest BCUT2D eigenvalue weighted by Crippen LogP contribution is -2.49. The Kier molecular flexibility index (Phi) is 6.66. The molecule has 1 aliphatic rings. The highest BCUT2D eigenvalue weighted by atomic mass is 16.2. The number of piperazine rings is 1. The van der Waals surface area contributed by atoms with Crippen LogP contribution in [-0.2, 0) is 16.1 Å². The minimum atomic E-state index is -0.0589. The standard InChI is InChI=1S/C28H31N5O2/c1-2-33-24-9-4-3-8-22(24)23-20-21(13-14-25(23)33)30-27(34)11-7-12-28(35)32-18-16-31(17-19-32)26-10-5-6-15-29-26/h3-6,8-10,13-15,20H,2,7,11-12,16-19H2,1H3,(H,30,34). The maximum absolute atomic E-state index is 12.6. The molecular weight excluding hydrogens is 438 g/mol. The summed E-state index contributed by atoms with van der Waals surface area (Å²) in [6.45, 7) is 5.96. The third-order valence-corrected chi connectivity index (χ3v) is 6.77. The molecule has 0 atom stereocenters. The highest BCUT2D eigenvalue weighted by Crippen LogP contribution is 2.31. The van der Waals surface area contributed by atoms with Crippen LogP contribution in [0, 0.1) is 0 Å². The fourth-order valence-corrected chi connectivity index (χ4v) is 4.98. The van der Waals surface area contributed by atoms with Gasteiger partial charge in [0.2, 0.25) is 11.8 Å². The van der Waals surface area contributed by atoms with E-state index in [9.17, 15) is 9.59 Å². The Hall–Kier alpha value is -3.87. The first-order valence-corrected chi connectivity index (χ1v) is 12.4. The second kappa shape index (κ2) is 10.2. The van der Waals surface area contributed by atoms with Crippen molar-refractivity contribution in [3.05, 3.63) is 66.9 Å². The van der Waals surface area contributed by atoms with Crippen molar-refractivity contribution in [1.29, 1.82) is 0 Å². The van der Waals surface area contributed by atoms with Crippen LogP contribution in [0.4, 0.5) is 11.5 Å². The fraction of sp³-hybridized carbons (Fsp3) is 0.321. The minimum Gasteiger partial charge on any atom is -0.353 e. The van der Waals surface area contributed by atoms with E-state index in [1.807, 2.05) is 41.3 Å². The molecule has 4 aromatic rings. The van der Waals surface area contributed by atoms with Gasteiger partial charge < -0.3 is 19.7 Å². The Morgan fingerprint density at radius 1 is 0.886 bits per heavy atom. The van der Waals surface area contributed by atoms with E-state index in [0.717, 1.165) is 36.5 Å². The van der Waals surface area contributed by atoms with Crippen LogP contribution >= 0.6 is 0 Å². The Bertz CT molecular complexity index is 1340. The highest BCUT2D eigenvalue weighted by molar-refractivity contribution is 6.09. The number of pyridine rings is 1. The van der Waals surface area contributed by atoms with Crippen LogP contribution in [0.5, 0.6) is 0 Å². The zero-order valence-corrected chi connectivity index (χ0v) is 20.1. The quantitative estimate of drug-likeness (QED) is 0.427. The second-order valence-electron chi connectivity index (χ2n) is 8.95. The number of carbonyl (C=O) groups is 2. The molecule has 180 valence electrons. The van der Waals surface area contributed by atoms with Gasteiger partial charge in [-0.2, -0.15) is 0 Å². The minimum absolute atomic E-state index is 0.0589. The van der Waals surface area contributed by atoms with Crippen molar-refractivity contribution < 1.29 is 9.59 Å². The molecule has 1 fully saturated rings. The van der Waals surface area contributed by atoms with Gasteiger partial charge >= 0.3 is 0 Å². The number of rotatable bonds is 7. The maximum Gasteiger partial charge on any atom is 0.224 e. The topological polar surface area (TPSA) is 70.5 Å². The Morgan fingerprint density at radius 2 is 1.66 bits per heavy atom. The lowest BCUT2D eigenvalue weighted by atomic mass is 10.1. The third kappa shape index (κ3) is 4.85. The molecule has 1 N–H and O–H groups in total. The number of nitrogens with zero attached hydrogens (tertiary/aromatic N) is 4. The van der Waals surface area contributed by atoms with Gasteiger partial charge in [0.05, 0.1) is 0 Å². The van der Waals surface area contributed by atoms with Crippen molar-refractivity contribution in [1.82, 2.24) is 14.5 Å². The lowest BCUT2D eigenvalue weighted by Gasteiger charge is -2.35. The number of aryl methyl sites for hydroxylation is 1. The van der Waals surface area contributed by atoms with E-state index in [2.05, 4.69) is 51.0 Å². The van der Waals surface area contributed by atoms with E-state index in [4.69, 9.17) is 0 Å². The van der Waals surface area contributed by atoms with Crippen molar-refractivity contribution in [3.63, 3.8) is 0 Å². The zero-order chi connectivity index (χ0) is 24.2. The molecule has 3 heterocycles. The monoisotopic (exact) mass is 469 g/mol. The average Bonchev–Trinajstić information content (AvgIpc) is 3.22. The number of para-hydroxylation sites is 1. The number of amides is 2. The van der Waals surface area contributed by atoms with Crippen LogP contribution < -0.4 is 10.2 Å². The van der Waals surface area contributed by atoms with E-state index >= 15 is 0 Å². The van der Waals surface area contributed by atoms with Gasteiger partial charge in [0, 0.05) is 79.3 Å². The van der Waals surface area contributed by atoms with Crippen LogP contribution in [0.25, 0.3) is 21.8 Å². The first-order chi connectivity index (χ1) is 17.1. The maximum atomic E-state index is 12.6. The number of hydrogen-bond donors (Lipinski definition) is 1. The Morgan fingerprint density at radius 3 is 2.43 bits per heavy atom. The number of nitrogens with one attached hydrogen (secondary N) is 1. The fourth-order valence-electron chi connectivity index (χ4n) is 4.98. The molecule has 0 aliphatic carbocycles. The van der Waals surface area contributed by atoms with E-state index in [1.165, 1.54) is 16.4 Å². The number of anilines is 2. The van der Waals surface area contributed by atoms with Gasteiger partial charge in [0.25, 0.3) is 0 Å². The van der Waals surface area contributed by atoms with Crippen molar-refractivity contribution in [3.8, 4) is 0 Å². The summed E-state index contributed by atoms with van der Waals surface area (Å²) in [6.07, 6.45) is 3.05. The molecule has 0 bridgehead atoms. The molecule has 7 nitrogen and oxygen atoms in total. The van der Waals surface area contributed by atoms with Gasteiger partial charge in [-0.25, -0.2) is 4.98 Å². The lowest BCUT2D eigenvalue weighted by molar-refractivity contribution is -0.131. The summed E-state index contributed by atoms with van der Waals surface area (Å²) in [4.78, 5) is 33.7. The van der Waals surface area contributed by atoms with Gasteiger partial charge in [0.1, 0.15) is 5.82 Å². The van der Waals surface area contributed by atoms with Gasteiger partial charge in [-0.05, 0) is 49.7 Å². The molecule has 1 saturated heterocycles. The summed E-state index contributed by atoms with van der Waals surface area (Å²) in [5, 5.41) is 5.34. The molecule has 0 unspecified atom stereocenters. The average molecular weight is 470 g/mol. The predicted octanol–water partition coefficient (Wildman–Crippen LogP) is 4.67. The van der Waals surface area contributed by atoms with E-state index in [-0.39, 0.29) is 11.8 Å². The predicted molar refractivity (Wildman–Crippen MR) is 141 cm³/mol. The number of aromatic nitrogens is 2. The van der Waals surface area contributed by atoms with Gasteiger partial charge in [-0.1, -0.05) is 24.3 Å². The molecule has 7 heteroatoms. The number of benzene rings is 2. The molecule has 35 heavy (non-hydrogen) atoms. The smallest absolute Gasteiger partial charge is 0.224 e. The third-order valence-electron chi connectivity index (χ3n) is 6.77. The summed E-state index contributed by atoms with van der Waals surface area (Å²) in [5.41, 5.74) is 3.16. The molecule has 1 aliphatic heterocycles. The summed E-state index contributed by atoms with van der Waals surface area (Å²) in [5.74, 6) is 1.01. The van der Waals surface area contributed by atoms with Crippen LogP contribution in [0.3, 0.4) is 0 Å². The number of carbonyl (C=O) groups excluding carboxylic acids is 2. The van der Waals surface area contributed by atoms with Crippen molar-refractivity contribution in [2.45, 2.75) is 32.7 Å². The molecule has 2 aromatic heterocycles. The zero-order valence-electron chi connectivity index (χ0n) is 20.1. The van der Waals surface area contributed by atoms with Crippen molar-refractivity contribution in [2.75, 3.05) is 36.4 Å². The van der Waals surface area contributed by atoms with Crippen LogP contribution in [-0.4, -0.2) is 52.4 Å². The van der Waals surface area contributed by atoms with Gasteiger partial charge in [-0.3, -0.25) is 9.59 Å². The molecular formula is C28H31N5O2. The van der Waals surface area contributed by atoms with E-state index in [1.54, 1.807) is 6.20 Å². The van der Waals surface area contributed by atoms with Crippen molar-refractivity contribution >= 4 is 45.1 Å². The summed E-state index contributed by atoms with van der Waals surface area (Å²) < 4.78 is 2.29. The van der Waals surface area contributed by atoms with Crippen LogP contribution in [0.2, 0.25) is 0 Å². The van der Waals surface area contributed by atoms with Crippen molar-refractivity contribution in [2.24, 2.45) is 0 Å². The summed E-state index contributed by atoms with van der Waals surface area (Å²) >= 11 is 0. The van der Waals surface area contributed by atoms with Gasteiger partial charge in [-0.15, -0.1) is 0 Å². The Labute approximate surface area is 205 Å². The molecule has 0 saturated carbocycles. The largest absolute Gasteiger partial charge is 0.353 e. The normalized spacial score (nSPS) is 14.0. The molecule has 0 spiro atoms. The van der Waals surface area contributed by atoms with Crippen LogP contribution in [0.1, 0.15) is 26.2 Å². The second-order valence-corrected chi connectivity index (χ2v) is 8.95. The summed E-state index contributed by atoms with van der Waals surface area (Å²) in [6, 6.07) is 20.3. The first kappa shape index (κ1) is 22.9. The van der Waals surface area contributed by atoms with Gasteiger partial charge in [0.15, 0.2) is 0 Å². The molecule has 5 rings (SSSR count).